The molecule has 1 aromatic rings. The molecule has 13 heavy (non-hydrogen) atoms. The fourth-order valence-corrected chi connectivity index (χ4v) is 2.29. The van der Waals surface area contributed by atoms with Crippen molar-refractivity contribution in [1.29, 1.82) is 0 Å². The van der Waals surface area contributed by atoms with Gasteiger partial charge in [0.1, 0.15) is 6.23 Å². The van der Waals surface area contributed by atoms with Crippen molar-refractivity contribution in [2.75, 3.05) is 19.7 Å². The third-order valence-corrected chi connectivity index (χ3v) is 2.98. The lowest BCUT2D eigenvalue weighted by Crippen LogP contribution is -2.31. The first-order chi connectivity index (χ1) is 6.45. The molecular formula is C11H13NO. The maximum absolute atomic E-state index is 5.71. The summed E-state index contributed by atoms with van der Waals surface area (Å²) in [7, 11) is 0. The molecule has 1 fully saturated rings. The molecular weight excluding hydrogens is 162 g/mol. The molecule has 0 spiro atoms. The van der Waals surface area contributed by atoms with Gasteiger partial charge in [-0.15, -0.1) is 0 Å². The zero-order valence-corrected chi connectivity index (χ0v) is 7.57. The molecule has 0 amide bonds. The van der Waals surface area contributed by atoms with Crippen molar-refractivity contribution in [2.45, 2.75) is 12.6 Å². The first-order valence-electron chi connectivity index (χ1n) is 4.88. The average molecular weight is 175 g/mol. The minimum Gasteiger partial charge on any atom is -0.358 e. The Morgan fingerprint density at radius 3 is 3.15 bits per heavy atom. The van der Waals surface area contributed by atoms with Crippen LogP contribution in [0.25, 0.3) is 0 Å². The van der Waals surface area contributed by atoms with Gasteiger partial charge in [-0.3, -0.25) is 4.90 Å². The molecule has 0 saturated carbocycles. The number of fused-ring (bicyclic) bond motifs is 3. The van der Waals surface area contributed by atoms with E-state index >= 15 is 0 Å². The second-order valence-corrected chi connectivity index (χ2v) is 3.71. The van der Waals surface area contributed by atoms with Crippen LogP contribution in [0.5, 0.6) is 0 Å². The molecule has 1 atom stereocenters. The van der Waals surface area contributed by atoms with Crippen molar-refractivity contribution in [3.8, 4) is 0 Å². The number of nitrogens with zero attached hydrogens (tertiary/aromatic N) is 1. The van der Waals surface area contributed by atoms with E-state index in [1.54, 1.807) is 0 Å². The van der Waals surface area contributed by atoms with Crippen LogP contribution in [0.4, 0.5) is 0 Å². The highest BCUT2D eigenvalue weighted by Crippen LogP contribution is 2.33. The van der Waals surface area contributed by atoms with Gasteiger partial charge in [0.05, 0.1) is 6.61 Å². The van der Waals surface area contributed by atoms with Gasteiger partial charge in [-0.2, -0.15) is 0 Å². The summed E-state index contributed by atoms with van der Waals surface area (Å²) in [5.41, 5.74) is 2.84. The van der Waals surface area contributed by atoms with Crippen LogP contribution < -0.4 is 0 Å². The summed E-state index contributed by atoms with van der Waals surface area (Å²) in [5.74, 6) is 0. The summed E-state index contributed by atoms with van der Waals surface area (Å²) in [6.07, 6.45) is 1.43. The van der Waals surface area contributed by atoms with Gasteiger partial charge in [-0.25, -0.2) is 0 Å². The van der Waals surface area contributed by atoms with Crippen LogP contribution in [-0.2, 0) is 11.2 Å². The van der Waals surface area contributed by atoms with E-state index in [2.05, 4.69) is 29.2 Å². The molecule has 0 aromatic heterocycles. The maximum Gasteiger partial charge on any atom is 0.137 e. The first kappa shape index (κ1) is 7.54. The largest absolute Gasteiger partial charge is 0.358 e. The predicted molar refractivity (Wildman–Crippen MR) is 50.4 cm³/mol. The van der Waals surface area contributed by atoms with E-state index in [1.165, 1.54) is 17.5 Å². The van der Waals surface area contributed by atoms with E-state index in [1.807, 2.05) is 0 Å². The minimum atomic E-state index is 0.255. The highest BCUT2D eigenvalue weighted by atomic mass is 16.5. The fraction of sp³-hybridized carbons (Fsp3) is 0.455. The van der Waals surface area contributed by atoms with E-state index in [0.717, 1.165) is 19.7 Å². The Bertz CT molecular complexity index is 324. The van der Waals surface area contributed by atoms with Crippen LogP contribution in [0.3, 0.4) is 0 Å². The van der Waals surface area contributed by atoms with E-state index in [9.17, 15) is 0 Å². The molecule has 1 unspecified atom stereocenters. The highest BCUT2D eigenvalue weighted by Gasteiger charge is 2.31. The van der Waals surface area contributed by atoms with E-state index in [-0.39, 0.29) is 6.23 Å². The summed E-state index contributed by atoms with van der Waals surface area (Å²) in [6, 6.07) is 8.62. The Balaban J connectivity index is 2.06. The predicted octanol–water partition coefficient (Wildman–Crippen LogP) is 1.57. The number of hydrogen-bond donors (Lipinski definition) is 0. The molecule has 0 radical (unpaired) electrons. The van der Waals surface area contributed by atoms with Crippen molar-refractivity contribution in [2.24, 2.45) is 0 Å². The average Bonchev–Trinajstić information content (AvgIpc) is 2.65. The van der Waals surface area contributed by atoms with E-state index in [0.29, 0.717) is 0 Å². The molecule has 2 aliphatic rings. The zero-order valence-electron chi connectivity index (χ0n) is 7.57. The molecule has 0 bridgehead atoms. The van der Waals surface area contributed by atoms with Crippen molar-refractivity contribution in [1.82, 2.24) is 4.90 Å². The zero-order chi connectivity index (χ0) is 8.67. The summed E-state index contributed by atoms with van der Waals surface area (Å²) in [5, 5.41) is 0. The van der Waals surface area contributed by atoms with Crippen LogP contribution >= 0.6 is 0 Å². The summed E-state index contributed by atoms with van der Waals surface area (Å²) in [6.45, 7) is 3.14. The van der Waals surface area contributed by atoms with Gasteiger partial charge in [0.2, 0.25) is 0 Å². The second-order valence-electron chi connectivity index (χ2n) is 3.71. The lowest BCUT2D eigenvalue weighted by atomic mass is 9.99. The Kier molecular flexibility index (Phi) is 1.64. The lowest BCUT2D eigenvalue weighted by Gasteiger charge is -2.29. The molecule has 68 valence electrons. The summed E-state index contributed by atoms with van der Waals surface area (Å²) < 4.78 is 5.71. The van der Waals surface area contributed by atoms with Crippen LogP contribution in [-0.4, -0.2) is 24.6 Å². The van der Waals surface area contributed by atoms with Gasteiger partial charge in [-0.1, -0.05) is 24.3 Å². The molecule has 3 rings (SSSR count). The van der Waals surface area contributed by atoms with Gasteiger partial charge < -0.3 is 4.74 Å². The van der Waals surface area contributed by atoms with E-state index < -0.39 is 0 Å². The van der Waals surface area contributed by atoms with Crippen molar-refractivity contribution in [3.63, 3.8) is 0 Å². The molecule has 0 aliphatic carbocycles. The molecule has 2 aliphatic heterocycles. The topological polar surface area (TPSA) is 12.5 Å². The second kappa shape index (κ2) is 2.82. The summed E-state index contributed by atoms with van der Waals surface area (Å²) in [4.78, 5) is 2.42. The number of rotatable bonds is 0. The number of hydrogen-bond acceptors (Lipinski definition) is 2. The summed E-state index contributed by atoms with van der Waals surface area (Å²) >= 11 is 0. The van der Waals surface area contributed by atoms with Gasteiger partial charge in [0.15, 0.2) is 0 Å². The van der Waals surface area contributed by atoms with Gasteiger partial charge in [0.25, 0.3) is 0 Å². The molecule has 0 N–H and O–H groups in total. The number of ether oxygens (including phenoxy) is 1. The van der Waals surface area contributed by atoms with Crippen molar-refractivity contribution in [3.05, 3.63) is 35.4 Å². The standard InChI is InChI=1S/C11H13NO/c1-2-4-10-9(3-1)5-6-12-7-8-13-11(10)12/h1-4,11H,5-8H2. The molecule has 1 saturated heterocycles. The van der Waals surface area contributed by atoms with E-state index in [4.69, 9.17) is 4.74 Å². The quantitative estimate of drug-likeness (QED) is 0.593. The Labute approximate surface area is 78.1 Å². The normalized spacial score (nSPS) is 26.9. The SMILES string of the molecule is c1ccc2c(c1)CCN1CCOC21. The Hall–Kier alpha value is -0.860. The van der Waals surface area contributed by atoms with Crippen LogP contribution in [0, 0.1) is 0 Å². The lowest BCUT2D eigenvalue weighted by molar-refractivity contribution is 0.0257. The Morgan fingerprint density at radius 2 is 2.15 bits per heavy atom. The number of benzene rings is 1. The minimum absolute atomic E-state index is 0.255. The molecule has 1 aromatic carbocycles. The van der Waals surface area contributed by atoms with Gasteiger partial charge in [-0.05, 0) is 17.5 Å². The molecule has 2 nitrogen and oxygen atoms in total. The highest BCUT2D eigenvalue weighted by molar-refractivity contribution is 5.31. The van der Waals surface area contributed by atoms with Crippen molar-refractivity contribution < 1.29 is 4.74 Å². The third kappa shape index (κ3) is 1.10. The Morgan fingerprint density at radius 1 is 1.23 bits per heavy atom. The van der Waals surface area contributed by atoms with Crippen LogP contribution in [0.15, 0.2) is 24.3 Å². The van der Waals surface area contributed by atoms with Crippen molar-refractivity contribution >= 4 is 0 Å². The molecule has 2 heteroatoms. The smallest absolute Gasteiger partial charge is 0.137 e. The monoisotopic (exact) mass is 175 g/mol. The van der Waals surface area contributed by atoms with Crippen LogP contribution in [0.1, 0.15) is 17.4 Å². The first-order valence-corrected chi connectivity index (χ1v) is 4.88. The fourth-order valence-electron chi connectivity index (χ4n) is 2.29. The third-order valence-electron chi connectivity index (χ3n) is 2.98. The van der Waals surface area contributed by atoms with Gasteiger partial charge in [0, 0.05) is 13.1 Å². The molecule has 2 heterocycles. The van der Waals surface area contributed by atoms with Crippen LogP contribution in [0.2, 0.25) is 0 Å². The maximum atomic E-state index is 5.71. The van der Waals surface area contributed by atoms with Gasteiger partial charge >= 0.3 is 0 Å².